The molecule has 0 atom stereocenters. The largest absolute Gasteiger partial charge is 0.508 e. The summed E-state index contributed by atoms with van der Waals surface area (Å²) in [6.07, 6.45) is 2.24. The fourth-order valence-corrected chi connectivity index (χ4v) is 1.13. The van der Waals surface area contributed by atoms with Gasteiger partial charge in [-0.15, -0.1) is 0 Å². The van der Waals surface area contributed by atoms with Crippen molar-refractivity contribution >= 4 is 11.6 Å². The average Bonchev–Trinajstić information content (AvgIpc) is 2.26. The number of rotatable bonds is 4. The van der Waals surface area contributed by atoms with Crippen molar-refractivity contribution in [1.29, 1.82) is 0 Å². The molecule has 0 aromatic heterocycles. The van der Waals surface area contributed by atoms with E-state index >= 15 is 0 Å². The van der Waals surface area contributed by atoms with Gasteiger partial charge in [0.05, 0.1) is 0 Å². The zero-order valence-corrected chi connectivity index (χ0v) is 8.06. The topological polar surface area (TPSA) is 54.4 Å². The second-order valence-corrected chi connectivity index (χ2v) is 2.91. The van der Waals surface area contributed by atoms with Crippen LogP contribution >= 0.6 is 0 Å². The Morgan fingerprint density at radius 3 is 1.73 bits per heavy atom. The zero-order valence-electron chi connectivity index (χ0n) is 8.06. The third kappa shape index (κ3) is 2.40. The van der Waals surface area contributed by atoms with E-state index in [1.54, 1.807) is 0 Å². The number of phenols is 1. The molecule has 1 aromatic rings. The summed E-state index contributed by atoms with van der Waals surface area (Å²) in [5.74, 6) is -0.819. The number of phenolic OH excluding ortho intramolecular Hbond substituents is 1. The van der Waals surface area contributed by atoms with Crippen LogP contribution in [0.3, 0.4) is 0 Å². The molecule has 0 spiro atoms. The van der Waals surface area contributed by atoms with E-state index < -0.39 is 0 Å². The molecular formula is C12H10O3. The molecule has 76 valence electrons. The average molecular weight is 202 g/mol. The maximum atomic E-state index is 11.3. The predicted octanol–water partition coefficient (Wildman–Crippen LogP) is 2.13. The zero-order chi connectivity index (χ0) is 11.4. The van der Waals surface area contributed by atoms with Crippen LogP contribution in [-0.4, -0.2) is 16.7 Å². The summed E-state index contributed by atoms with van der Waals surface area (Å²) in [5.41, 5.74) is 0.463. The van der Waals surface area contributed by atoms with E-state index in [2.05, 4.69) is 13.2 Å². The monoisotopic (exact) mass is 202 g/mol. The van der Waals surface area contributed by atoms with Crippen LogP contribution in [0.5, 0.6) is 5.75 Å². The molecule has 1 N–H and O–H groups in total. The van der Waals surface area contributed by atoms with E-state index in [4.69, 9.17) is 0 Å². The first-order chi connectivity index (χ1) is 7.08. The van der Waals surface area contributed by atoms with Crippen molar-refractivity contribution in [3.8, 4) is 5.75 Å². The van der Waals surface area contributed by atoms with Crippen molar-refractivity contribution in [3.05, 3.63) is 54.6 Å². The molecule has 1 rings (SSSR count). The molecule has 0 aliphatic heterocycles. The molecule has 0 saturated heterocycles. The second-order valence-electron chi connectivity index (χ2n) is 2.91. The van der Waals surface area contributed by atoms with Gasteiger partial charge in [-0.1, -0.05) is 13.2 Å². The Labute approximate surface area is 87.4 Å². The standard InChI is InChI=1S/C12H10O3/c1-3-11(14)8-5-9(12(15)4-2)7-10(13)6-8/h3-7,13H,1-2H2. The molecule has 1 aromatic carbocycles. The van der Waals surface area contributed by atoms with E-state index in [0.717, 1.165) is 12.2 Å². The van der Waals surface area contributed by atoms with Gasteiger partial charge >= 0.3 is 0 Å². The molecule has 0 aliphatic carbocycles. The Morgan fingerprint density at radius 1 is 1.00 bits per heavy atom. The predicted molar refractivity (Wildman–Crippen MR) is 57.2 cm³/mol. The van der Waals surface area contributed by atoms with Crippen LogP contribution in [0.2, 0.25) is 0 Å². The number of carbonyl (C=O) groups is 2. The van der Waals surface area contributed by atoms with Gasteiger partial charge in [-0.3, -0.25) is 9.59 Å². The fourth-order valence-electron chi connectivity index (χ4n) is 1.13. The highest BCUT2D eigenvalue weighted by Crippen LogP contribution is 2.17. The summed E-state index contributed by atoms with van der Waals surface area (Å²) < 4.78 is 0. The smallest absolute Gasteiger partial charge is 0.185 e. The lowest BCUT2D eigenvalue weighted by Gasteiger charge is -2.01. The minimum atomic E-state index is -0.344. The summed E-state index contributed by atoms with van der Waals surface area (Å²) in [5, 5.41) is 9.31. The summed E-state index contributed by atoms with van der Waals surface area (Å²) in [6, 6.07) is 3.96. The first-order valence-electron chi connectivity index (χ1n) is 4.26. The number of carbonyl (C=O) groups excluding carboxylic acids is 2. The van der Waals surface area contributed by atoms with Gasteiger partial charge in [-0.05, 0) is 30.4 Å². The normalized spacial score (nSPS) is 9.33. The lowest BCUT2D eigenvalue weighted by molar-refractivity contribution is 0.104. The van der Waals surface area contributed by atoms with E-state index in [1.807, 2.05) is 0 Å². The van der Waals surface area contributed by atoms with Crippen molar-refractivity contribution in [2.24, 2.45) is 0 Å². The van der Waals surface area contributed by atoms with Crippen LogP contribution < -0.4 is 0 Å². The minimum Gasteiger partial charge on any atom is -0.508 e. The van der Waals surface area contributed by atoms with E-state index in [-0.39, 0.29) is 28.4 Å². The summed E-state index contributed by atoms with van der Waals surface area (Å²) >= 11 is 0. The molecular weight excluding hydrogens is 192 g/mol. The molecule has 0 saturated carbocycles. The Morgan fingerprint density at radius 2 is 1.40 bits per heavy atom. The number of ketones is 2. The van der Waals surface area contributed by atoms with Crippen molar-refractivity contribution in [2.75, 3.05) is 0 Å². The SMILES string of the molecule is C=CC(=O)c1cc(O)cc(C(=O)C=C)c1. The lowest BCUT2D eigenvalue weighted by Crippen LogP contribution is -1.99. The number of hydrogen-bond acceptors (Lipinski definition) is 3. The van der Waals surface area contributed by atoms with Gasteiger partial charge in [0.25, 0.3) is 0 Å². The number of allylic oxidation sites excluding steroid dienone is 2. The third-order valence-corrected chi connectivity index (χ3v) is 1.86. The molecule has 15 heavy (non-hydrogen) atoms. The highest BCUT2D eigenvalue weighted by atomic mass is 16.3. The van der Waals surface area contributed by atoms with Crippen molar-refractivity contribution in [3.63, 3.8) is 0 Å². The van der Waals surface area contributed by atoms with Crippen LogP contribution in [0.15, 0.2) is 43.5 Å². The van der Waals surface area contributed by atoms with Gasteiger partial charge in [0, 0.05) is 11.1 Å². The van der Waals surface area contributed by atoms with Gasteiger partial charge in [-0.25, -0.2) is 0 Å². The van der Waals surface area contributed by atoms with Crippen LogP contribution in [-0.2, 0) is 0 Å². The maximum Gasteiger partial charge on any atom is 0.185 e. The Hall–Kier alpha value is -2.16. The van der Waals surface area contributed by atoms with Gasteiger partial charge in [0.2, 0.25) is 0 Å². The fraction of sp³-hybridized carbons (Fsp3) is 0. The van der Waals surface area contributed by atoms with Crippen LogP contribution in [0.25, 0.3) is 0 Å². The quantitative estimate of drug-likeness (QED) is 0.601. The van der Waals surface area contributed by atoms with E-state index in [0.29, 0.717) is 0 Å². The highest BCUT2D eigenvalue weighted by Gasteiger charge is 2.08. The summed E-state index contributed by atoms with van der Waals surface area (Å²) in [4.78, 5) is 22.5. The Kier molecular flexibility index (Phi) is 3.18. The van der Waals surface area contributed by atoms with Crippen molar-refractivity contribution in [2.45, 2.75) is 0 Å². The molecule has 0 unspecified atom stereocenters. The minimum absolute atomic E-state index is 0.132. The Balaban J connectivity index is 3.27. The molecule has 0 aliphatic rings. The van der Waals surface area contributed by atoms with Gasteiger partial charge in [-0.2, -0.15) is 0 Å². The van der Waals surface area contributed by atoms with Gasteiger partial charge in [0.1, 0.15) is 5.75 Å². The second kappa shape index (κ2) is 4.37. The van der Waals surface area contributed by atoms with Crippen LogP contribution in [0.4, 0.5) is 0 Å². The summed E-state index contributed by atoms with van der Waals surface area (Å²) in [7, 11) is 0. The van der Waals surface area contributed by atoms with Crippen molar-refractivity contribution in [1.82, 2.24) is 0 Å². The summed E-state index contributed by atoms with van der Waals surface area (Å²) in [6.45, 7) is 6.65. The van der Waals surface area contributed by atoms with Gasteiger partial charge in [0.15, 0.2) is 11.6 Å². The highest BCUT2D eigenvalue weighted by molar-refractivity contribution is 6.09. The van der Waals surface area contributed by atoms with Gasteiger partial charge < -0.3 is 5.11 Å². The van der Waals surface area contributed by atoms with Crippen molar-refractivity contribution < 1.29 is 14.7 Å². The molecule has 3 heteroatoms. The van der Waals surface area contributed by atoms with E-state index in [1.165, 1.54) is 18.2 Å². The molecule has 0 fully saturated rings. The Bertz CT molecular complexity index is 406. The van der Waals surface area contributed by atoms with Crippen LogP contribution in [0, 0.1) is 0 Å². The van der Waals surface area contributed by atoms with E-state index in [9.17, 15) is 14.7 Å². The number of benzene rings is 1. The third-order valence-electron chi connectivity index (χ3n) is 1.86. The molecule has 3 nitrogen and oxygen atoms in total. The molecule has 0 amide bonds. The maximum absolute atomic E-state index is 11.3. The van der Waals surface area contributed by atoms with Crippen LogP contribution in [0.1, 0.15) is 20.7 Å². The molecule has 0 radical (unpaired) electrons. The molecule has 0 heterocycles. The first-order valence-corrected chi connectivity index (χ1v) is 4.26. The first kappa shape index (κ1) is 10.9. The number of hydrogen-bond donors (Lipinski definition) is 1. The lowest BCUT2D eigenvalue weighted by atomic mass is 10.0. The number of aromatic hydroxyl groups is 1. The molecule has 0 bridgehead atoms.